The molecule has 0 bridgehead atoms. The SMILES string of the molecule is CCCCOc1cc(OCCCC)c(C(C)C)cc1-c1noc(C(=O)NCCCO)c1-c1ccc2c(c1)CCN(C)C2. The first-order valence-corrected chi connectivity index (χ1v) is 15.5. The summed E-state index contributed by atoms with van der Waals surface area (Å²) >= 11 is 0. The molecule has 8 heteroatoms. The highest BCUT2D eigenvalue weighted by atomic mass is 16.5. The van der Waals surface area contributed by atoms with E-state index in [9.17, 15) is 9.90 Å². The number of benzene rings is 2. The summed E-state index contributed by atoms with van der Waals surface area (Å²) in [6.07, 6.45) is 5.35. The molecule has 42 heavy (non-hydrogen) atoms. The number of ether oxygens (including phenoxy) is 2. The maximum absolute atomic E-state index is 13.4. The van der Waals surface area contributed by atoms with Gasteiger partial charge in [-0.3, -0.25) is 4.79 Å². The van der Waals surface area contributed by atoms with E-state index in [1.165, 1.54) is 11.1 Å². The van der Waals surface area contributed by atoms with E-state index in [2.05, 4.69) is 74.4 Å². The number of aliphatic hydroxyl groups excluding tert-OH is 1. The molecule has 0 radical (unpaired) electrons. The summed E-state index contributed by atoms with van der Waals surface area (Å²) in [6.45, 7) is 12.0. The van der Waals surface area contributed by atoms with Crippen LogP contribution < -0.4 is 14.8 Å². The van der Waals surface area contributed by atoms with E-state index in [-0.39, 0.29) is 24.2 Å². The summed E-state index contributed by atoms with van der Waals surface area (Å²) < 4.78 is 18.4. The zero-order chi connectivity index (χ0) is 30.1. The van der Waals surface area contributed by atoms with Gasteiger partial charge in [0, 0.05) is 37.9 Å². The van der Waals surface area contributed by atoms with Gasteiger partial charge >= 0.3 is 0 Å². The normalized spacial score (nSPS) is 13.3. The molecule has 0 fully saturated rings. The van der Waals surface area contributed by atoms with Gasteiger partial charge in [0.05, 0.1) is 18.8 Å². The van der Waals surface area contributed by atoms with Crippen molar-refractivity contribution < 1.29 is 23.9 Å². The summed E-state index contributed by atoms with van der Waals surface area (Å²) in [6, 6.07) is 10.5. The molecule has 1 amide bonds. The second kappa shape index (κ2) is 15.2. The van der Waals surface area contributed by atoms with Crippen molar-refractivity contribution in [1.82, 2.24) is 15.4 Å². The van der Waals surface area contributed by atoms with E-state index in [1.807, 2.05) is 6.07 Å². The zero-order valence-corrected chi connectivity index (χ0v) is 25.9. The Bertz CT molecular complexity index is 1330. The molecule has 0 saturated heterocycles. The molecule has 2 aromatic carbocycles. The lowest BCUT2D eigenvalue weighted by Crippen LogP contribution is -2.26. The quantitative estimate of drug-likeness (QED) is 0.197. The average molecular weight is 578 g/mol. The molecule has 3 aromatic rings. The van der Waals surface area contributed by atoms with Crippen LogP contribution in [0.1, 0.15) is 93.0 Å². The molecule has 0 spiro atoms. The zero-order valence-electron chi connectivity index (χ0n) is 25.9. The third kappa shape index (κ3) is 7.53. The minimum absolute atomic E-state index is 0.00280. The van der Waals surface area contributed by atoms with Crippen LogP contribution in [0.5, 0.6) is 11.5 Å². The number of aromatic nitrogens is 1. The summed E-state index contributed by atoms with van der Waals surface area (Å²) in [5.41, 5.74) is 6.50. The van der Waals surface area contributed by atoms with Crippen LogP contribution in [0.2, 0.25) is 0 Å². The van der Waals surface area contributed by atoms with Crippen LogP contribution >= 0.6 is 0 Å². The molecule has 0 atom stereocenters. The minimum Gasteiger partial charge on any atom is -0.493 e. The number of likely N-dealkylation sites (N-methyl/N-ethyl adjacent to an activating group) is 1. The molecule has 0 unspecified atom stereocenters. The monoisotopic (exact) mass is 577 g/mol. The topological polar surface area (TPSA) is 97.1 Å². The number of unbranched alkanes of at least 4 members (excludes halogenated alkanes) is 2. The number of rotatable bonds is 15. The van der Waals surface area contributed by atoms with Crippen LogP contribution in [-0.2, 0) is 13.0 Å². The summed E-state index contributed by atoms with van der Waals surface area (Å²) in [7, 11) is 2.13. The van der Waals surface area contributed by atoms with Gasteiger partial charge in [-0.2, -0.15) is 0 Å². The molecule has 1 aliphatic heterocycles. The molecule has 228 valence electrons. The lowest BCUT2D eigenvalue weighted by molar-refractivity contribution is 0.0915. The number of hydrogen-bond acceptors (Lipinski definition) is 7. The number of hydrogen-bond donors (Lipinski definition) is 2. The predicted octanol–water partition coefficient (Wildman–Crippen LogP) is 6.59. The van der Waals surface area contributed by atoms with Gasteiger partial charge in [0.15, 0.2) is 0 Å². The smallest absolute Gasteiger partial charge is 0.290 e. The van der Waals surface area contributed by atoms with Crippen LogP contribution in [0, 0.1) is 0 Å². The lowest BCUT2D eigenvalue weighted by atomic mass is 9.91. The first-order chi connectivity index (χ1) is 20.4. The maximum Gasteiger partial charge on any atom is 0.290 e. The third-order valence-corrected chi connectivity index (χ3v) is 7.72. The number of fused-ring (bicyclic) bond motifs is 1. The van der Waals surface area contributed by atoms with Gasteiger partial charge in [0.1, 0.15) is 17.2 Å². The summed E-state index contributed by atoms with van der Waals surface area (Å²) in [4.78, 5) is 15.7. The lowest BCUT2D eigenvalue weighted by Gasteiger charge is -2.25. The molecular weight excluding hydrogens is 530 g/mol. The largest absolute Gasteiger partial charge is 0.493 e. The number of carbonyl (C=O) groups excluding carboxylic acids is 1. The van der Waals surface area contributed by atoms with Crippen molar-refractivity contribution in [3.63, 3.8) is 0 Å². The first kappa shape index (κ1) is 31.6. The molecule has 4 rings (SSSR count). The van der Waals surface area contributed by atoms with Crippen molar-refractivity contribution in [3.8, 4) is 33.9 Å². The van der Waals surface area contributed by atoms with Crippen molar-refractivity contribution in [1.29, 1.82) is 0 Å². The third-order valence-electron chi connectivity index (χ3n) is 7.72. The van der Waals surface area contributed by atoms with Crippen molar-refractivity contribution >= 4 is 5.91 Å². The Labute approximate surface area is 250 Å². The number of aliphatic hydroxyl groups is 1. The van der Waals surface area contributed by atoms with Crippen LogP contribution in [0.15, 0.2) is 34.9 Å². The van der Waals surface area contributed by atoms with E-state index < -0.39 is 0 Å². The standard InChI is InChI=1S/C34H47N3O5/c1-6-8-17-40-29-21-30(41-18-9-7-2)28(20-27(29)23(3)4)32-31(33(42-36-32)34(39)35-14-10-16-38)25-11-12-26-22-37(5)15-13-24(26)19-25/h11-12,19-21,23,38H,6-10,13-18,22H2,1-5H3,(H,35,39). The second-order valence-corrected chi connectivity index (χ2v) is 11.5. The van der Waals surface area contributed by atoms with Gasteiger partial charge in [-0.15, -0.1) is 0 Å². The van der Waals surface area contributed by atoms with Gasteiger partial charge in [-0.25, -0.2) is 0 Å². The fourth-order valence-corrected chi connectivity index (χ4v) is 5.22. The van der Waals surface area contributed by atoms with E-state index in [1.54, 1.807) is 0 Å². The van der Waals surface area contributed by atoms with Gasteiger partial charge < -0.3 is 29.3 Å². The van der Waals surface area contributed by atoms with Crippen molar-refractivity contribution in [2.75, 3.05) is 40.0 Å². The van der Waals surface area contributed by atoms with E-state index in [0.717, 1.165) is 67.6 Å². The number of carbonyl (C=O) groups is 1. The molecule has 1 aliphatic rings. The Morgan fingerprint density at radius 3 is 2.48 bits per heavy atom. The number of amides is 1. The molecule has 0 aliphatic carbocycles. The summed E-state index contributed by atoms with van der Waals surface area (Å²) in [5.74, 6) is 1.48. The Kier molecular flexibility index (Phi) is 11.4. The Balaban J connectivity index is 1.88. The van der Waals surface area contributed by atoms with Crippen LogP contribution in [0.4, 0.5) is 0 Å². The number of nitrogens with zero attached hydrogens (tertiary/aromatic N) is 2. The highest BCUT2D eigenvalue weighted by Crippen LogP contribution is 2.44. The molecule has 0 saturated carbocycles. The molecule has 2 heterocycles. The second-order valence-electron chi connectivity index (χ2n) is 11.5. The van der Waals surface area contributed by atoms with Crippen molar-refractivity contribution in [3.05, 3.63) is 52.8 Å². The van der Waals surface area contributed by atoms with E-state index in [0.29, 0.717) is 43.2 Å². The van der Waals surface area contributed by atoms with Gasteiger partial charge in [-0.1, -0.05) is 63.9 Å². The van der Waals surface area contributed by atoms with Crippen molar-refractivity contribution in [2.45, 2.75) is 78.7 Å². The average Bonchev–Trinajstić information content (AvgIpc) is 3.42. The Morgan fingerprint density at radius 1 is 1.05 bits per heavy atom. The predicted molar refractivity (Wildman–Crippen MR) is 166 cm³/mol. The van der Waals surface area contributed by atoms with E-state index >= 15 is 0 Å². The summed E-state index contributed by atoms with van der Waals surface area (Å²) in [5, 5.41) is 16.6. The highest BCUT2D eigenvalue weighted by molar-refractivity contribution is 6.02. The fraction of sp³-hybridized carbons (Fsp3) is 0.529. The Hall–Kier alpha value is -3.36. The maximum atomic E-state index is 13.4. The van der Waals surface area contributed by atoms with Crippen LogP contribution in [0.3, 0.4) is 0 Å². The highest BCUT2D eigenvalue weighted by Gasteiger charge is 2.28. The van der Waals surface area contributed by atoms with Crippen molar-refractivity contribution in [2.24, 2.45) is 0 Å². The molecule has 8 nitrogen and oxygen atoms in total. The molecule has 2 N–H and O–H groups in total. The molecule has 1 aromatic heterocycles. The first-order valence-electron chi connectivity index (χ1n) is 15.5. The molecular formula is C34H47N3O5. The number of nitrogens with one attached hydrogen (secondary N) is 1. The van der Waals surface area contributed by atoms with Crippen LogP contribution in [-0.4, -0.2) is 61.0 Å². The van der Waals surface area contributed by atoms with Gasteiger partial charge in [-0.05, 0) is 67.0 Å². The Morgan fingerprint density at radius 2 is 1.79 bits per heavy atom. The fourth-order valence-electron chi connectivity index (χ4n) is 5.22. The van der Waals surface area contributed by atoms with E-state index in [4.69, 9.17) is 14.0 Å². The van der Waals surface area contributed by atoms with Gasteiger partial charge in [0.25, 0.3) is 5.91 Å². The van der Waals surface area contributed by atoms with Crippen LogP contribution in [0.25, 0.3) is 22.4 Å². The van der Waals surface area contributed by atoms with Gasteiger partial charge in [0.2, 0.25) is 5.76 Å². The minimum atomic E-state index is -0.355.